The van der Waals surface area contributed by atoms with E-state index in [0.29, 0.717) is 12.0 Å². The van der Waals surface area contributed by atoms with Gasteiger partial charge in [-0.15, -0.1) is 0 Å². The van der Waals surface area contributed by atoms with Crippen molar-refractivity contribution in [1.29, 1.82) is 0 Å². The van der Waals surface area contributed by atoms with Crippen LogP contribution in [0.3, 0.4) is 0 Å². The van der Waals surface area contributed by atoms with E-state index in [1.807, 2.05) is 19.9 Å². The molecule has 0 rings (SSSR count). The van der Waals surface area contributed by atoms with Crippen LogP contribution >= 0.6 is 0 Å². The molecule has 0 radical (unpaired) electrons. The number of rotatable bonds is 9. The van der Waals surface area contributed by atoms with Crippen LogP contribution in [0.15, 0.2) is 23.8 Å². The molecule has 0 N–H and O–H groups in total. The van der Waals surface area contributed by atoms with Gasteiger partial charge in [0.05, 0.1) is 6.61 Å². The molecule has 0 aliphatic heterocycles. The summed E-state index contributed by atoms with van der Waals surface area (Å²) in [5.74, 6) is -0.258. The molecule has 0 amide bonds. The van der Waals surface area contributed by atoms with Gasteiger partial charge in [0.15, 0.2) is 0 Å². The number of hydrogen-bond donors (Lipinski definition) is 0. The first-order valence-corrected chi connectivity index (χ1v) is 7.43. The maximum Gasteiger partial charge on any atom is 0.330 e. The minimum absolute atomic E-state index is 0.258. The van der Waals surface area contributed by atoms with Crippen LogP contribution in [0, 0.1) is 5.41 Å². The van der Waals surface area contributed by atoms with E-state index >= 15 is 0 Å². The van der Waals surface area contributed by atoms with E-state index in [-0.39, 0.29) is 5.97 Å². The van der Waals surface area contributed by atoms with Gasteiger partial charge in [-0.2, -0.15) is 0 Å². The first-order chi connectivity index (χ1) is 8.91. The Morgan fingerprint density at radius 1 is 1.21 bits per heavy atom. The summed E-state index contributed by atoms with van der Waals surface area (Å²) in [7, 11) is 0. The molecule has 0 aliphatic rings. The average Bonchev–Trinajstić information content (AvgIpc) is 2.28. The Bertz CT molecular complexity index is 311. The highest BCUT2D eigenvalue weighted by Gasteiger charge is 2.14. The topological polar surface area (TPSA) is 26.3 Å². The SMILES string of the molecule is CCCCCC(C)(C)CC=CC(C)=CC(=O)OCC. The standard InChI is InChI=1S/C17H30O2/c1-6-8-9-12-17(4,5)13-10-11-15(3)14-16(18)19-7-2/h10-11,14H,6-9,12-13H2,1-5H3. The molecule has 19 heavy (non-hydrogen) atoms. The third-order valence-corrected chi connectivity index (χ3v) is 3.14. The van der Waals surface area contributed by atoms with E-state index in [1.165, 1.54) is 25.7 Å². The molecular weight excluding hydrogens is 236 g/mol. The van der Waals surface area contributed by atoms with Gasteiger partial charge < -0.3 is 4.74 Å². The van der Waals surface area contributed by atoms with Crippen LogP contribution in [0.5, 0.6) is 0 Å². The predicted molar refractivity (Wildman–Crippen MR) is 82.1 cm³/mol. The lowest BCUT2D eigenvalue weighted by molar-refractivity contribution is -0.137. The number of unbranched alkanes of at least 4 members (excludes halogenated alkanes) is 2. The highest BCUT2D eigenvalue weighted by atomic mass is 16.5. The normalized spacial score (nSPS) is 13.0. The van der Waals surface area contributed by atoms with Gasteiger partial charge in [-0.1, -0.05) is 52.2 Å². The molecule has 0 fully saturated rings. The van der Waals surface area contributed by atoms with Gasteiger partial charge in [-0.25, -0.2) is 4.79 Å². The van der Waals surface area contributed by atoms with E-state index < -0.39 is 0 Å². The molecular formula is C17H30O2. The van der Waals surface area contributed by atoms with Crippen molar-refractivity contribution in [1.82, 2.24) is 0 Å². The first kappa shape index (κ1) is 17.9. The van der Waals surface area contributed by atoms with Crippen LogP contribution in [0.1, 0.15) is 66.7 Å². The van der Waals surface area contributed by atoms with Crippen LogP contribution in [0.2, 0.25) is 0 Å². The molecule has 0 unspecified atom stereocenters. The first-order valence-electron chi connectivity index (χ1n) is 7.43. The van der Waals surface area contributed by atoms with E-state index in [0.717, 1.165) is 12.0 Å². The van der Waals surface area contributed by atoms with E-state index in [1.54, 1.807) is 6.08 Å². The Balaban J connectivity index is 4.15. The zero-order valence-electron chi connectivity index (χ0n) is 13.3. The van der Waals surface area contributed by atoms with Crippen LogP contribution in [0.25, 0.3) is 0 Å². The van der Waals surface area contributed by atoms with Gasteiger partial charge in [-0.05, 0) is 37.7 Å². The maximum absolute atomic E-state index is 11.3. The van der Waals surface area contributed by atoms with Crippen LogP contribution in [0.4, 0.5) is 0 Å². The fraction of sp³-hybridized carbons (Fsp3) is 0.706. The Kier molecular flexibility index (Phi) is 9.28. The van der Waals surface area contributed by atoms with Crippen molar-refractivity contribution < 1.29 is 9.53 Å². The second-order valence-corrected chi connectivity index (χ2v) is 5.87. The van der Waals surface area contributed by atoms with Crippen LogP contribution in [-0.2, 0) is 9.53 Å². The summed E-state index contributed by atoms with van der Waals surface area (Å²) in [6.07, 6.45) is 11.9. The third-order valence-electron chi connectivity index (χ3n) is 3.14. The Labute approximate surface area is 118 Å². The molecule has 0 aromatic carbocycles. The van der Waals surface area contributed by atoms with Gasteiger partial charge >= 0.3 is 5.97 Å². The molecule has 0 saturated heterocycles. The summed E-state index contributed by atoms with van der Waals surface area (Å²) in [4.78, 5) is 11.3. The van der Waals surface area contributed by atoms with E-state index in [9.17, 15) is 4.79 Å². The molecule has 0 aromatic rings. The number of carbonyl (C=O) groups excluding carboxylic acids is 1. The van der Waals surface area contributed by atoms with Crippen molar-refractivity contribution in [2.45, 2.75) is 66.7 Å². The molecule has 0 spiro atoms. The minimum Gasteiger partial charge on any atom is -0.463 e. The van der Waals surface area contributed by atoms with Crippen molar-refractivity contribution in [2.75, 3.05) is 6.61 Å². The number of hydrogen-bond acceptors (Lipinski definition) is 2. The van der Waals surface area contributed by atoms with Gasteiger partial charge in [0.1, 0.15) is 0 Å². The zero-order chi connectivity index (χ0) is 14.7. The third kappa shape index (κ3) is 10.5. The monoisotopic (exact) mass is 266 g/mol. The number of carbonyl (C=O) groups is 1. The quantitative estimate of drug-likeness (QED) is 0.253. The summed E-state index contributed by atoms with van der Waals surface area (Å²) in [6.45, 7) is 11.0. The number of esters is 1. The van der Waals surface area contributed by atoms with Crippen molar-refractivity contribution in [3.8, 4) is 0 Å². The molecule has 0 aliphatic carbocycles. The lowest BCUT2D eigenvalue weighted by Crippen LogP contribution is -2.09. The molecule has 0 saturated carbocycles. The number of ether oxygens (including phenoxy) is 1. The molecule has 0 heterocycles. The van der Waals surface area contributed by atoms with Crippen molar-refractivity contribution in [2.24, 2.45) is 5.41 Å². The largest absolute Gasteiger partial charge is 0.463 e. The maximum atomic E-state index is 11.3. The van der Waals surface area contributed by atoms with Gasteiger partial charge in [0, 0.05) is 6.08 Å². The van der Waals surface area contributed by atoms with E-state index in [4.69, 9.17) is 4.74 Å². The summed E-state index contributed by atoms with van der Waals surface area (Å²) < 4.78 is 4.88. The lowest BCUT2D eigenvalue weighted by atomic mass is 9.83. The van der Waals surface area contributed by atoms with Crippen LogP contribution < -0.4 is 0 Å². The predicted octanol–water partition coefficient (Wildman–Crippen LogP) is 5.05. The second kappa shape index (κ2) is 9.82. The Morgan fingerprint density at radius 3 is 2.47 bits per heavy atom. The molecule has 110 valence electrons. The van der Waals surface area contributed by atoms with Crippen molar-refractivity contribution in [3.05, 3.63) is 23.8 Å². The fourth-order valence-corrected chi connectivity index (χ4v) is 1.94. The Morgan fingerprint density at radius 2 is 1.89 bits per heavy atom. The minimum atomic E-state index is -0.258. The summed E-state index contributed by atoms with van der Waals surface area (Å²) in [6, 6.07) is 0. The summed E-state index contributed by atoms with van der Waals surface area (Å²) in [5.41, 5.74) is 1.29. The molecule has 2 heteroatoms. The molecule has 0 aromatic heterocycles. The highest BCUT2D eigenvalue weighted by molar-refractivity contribution is 5.83. The average molecular weight is 266 g/mol. The smallest absolute Gasteiger partial charge is 0.330 e. The summed E-state index contributed by atoms with van der Waals surface area (Å²) >= 11 is 0. The summed E-state index contributed by atoms with van der Waals surface area (Å²) in [5, 5.41) is 0. The zero-order valence-corrected chi connectivity index (χ0v) is 13.3. The van der Waals surface area contributed by atoms with E-state index in [2.05, 4.69) is 26.8 Å². The highest BCUT2D eigenvalue weighted by Crippen LogP contribution is 2.28. The fourth-order valence-electron chi connectivity index (χ4n) is 1.94. The molecule has 0 atom stereocenters. The van der Waals surface area contributed by atoms with Crippen LogP contribution in [-0.4, -0.2) is 12.6 Å². The van der Waals surface area contributed by atoms with Gasteiger partial charge in [0.25, 0.3) is 0 Å². The van der Waals surface area contributed by atoms with Gasteiger partial charge in [0.2, 0.25) is 0 Å². The van der Waals surface area contributed by atoms with Crippen molar-refractivity contribution in [3.63, 3.8) is 0 Å². The number of allylic oxidation sites excluding steroid dienone is 3. The van der Waals surface area contributed by atoms with Crippen molar-refractivity contribution >= 4 is 5.97 Å². The van der Waals surface area contributed by atoms with Gasteiger partial charge in [-0.3, -0.25) is 0 Å². The second-order valence-electron chi connectivity index (χ2n) is 5.87. The molecule has 2 nitrogen and oxygen atoms in total. The molecule has 0 bridgehead atoms. The Hall–Kier alpha value is -1.05. The lowest BCUT2D eigenvalue weighted by Gasteiger charge is -2.22.